The van der Waals surface area contributed by atoms with Gasteiger partial charge < -0.3 is 19.7 Å². The summed E-state index contributed by atoms with van der Waals surface area (Å²) in [6.45, 7) is 5.59. The molecule has 0 radical (unpaired) electrons. The van der Waals surface area contributed by atoms with E-state index in [1.54, 1.807) is 36.9 Å². The van der Waals surface area contributed by atoms with Crippen LogP contribution in [0, 0.1) is 5.92 Å². The molecule has 0 aliphatic carbocycles. The van der Waals surface area contributed by atoms with Crippen molar-refractivity contribution in [3.05, 3.63) is 36.2 Å². The van der Waals surface area contributed by atoms with E-state index in [0.29, 0.717) is 23.7 Å². The Morgan fingerprint density at radius 1 is 1.16 bits per heavy atom. The number of nitrogens with zero attached hydrogens (tertiary/aromatic N) is 5. The molecule has 164 valence electrons. The molecule has 0 bridgehead atoms. The minimum Gasteiger partial charge on any atom is -0.497 e. The molecule has 2 aromatic heterocycles. The third-order valence-corrected chi connectivity index (χ3v) is 5.57. The smallest absolute Gasteiger partial charge is 0.229 e. The highest BCUT2D eigenvalue weighted by Crippen LogP contribution is 2.30. The first kappa shape index (κ1) is 20.9. The normalized spacial score (nSPS) is 16.5. The first-order valence-electron chi connectivity index (χ1n) is 10.5. The van der Waals surface area contributed by atoms with Crippen molar-refractivity contribution in [2.24, 2.45) is 5.92 Å². The fourth-order valence-corrected chi connectivity index (χ4v) is 3.86. The maximum absolute atomic E-state index is 13.0. The van der Waals surface area contributed by atoms with E-state index in [4.69, 9.17) is 14.6 Å². The molecule has 3 aromatic rings. The van der Waals surface area contributed by atoms with Gasteiger partial charge in [0.05, 0.1) is 25.8 Å². The summed E-state index contributed by atoms with van der Waals surface area (Å²) in [5.41, 5.74) is 1.36. The van der Waals surface area contributed by atoms with Gasteiger partial charge >= 0.3 is 0 Å². The lowest BCUT2D eigenvalue weighted by atomic mass is 9.97. The molecule has 0 unspecified atom stereocenters. The summed E-state index contributed by atoms with van der Waals surface area (Å²) in [7, 11) is 3.17. The number of methoxy groups -OCH3 is 2. The molecule has 1 N–H and O–H groups in total. The zero-order valence-electron chi connectivity index (χ0n) is 18.3. The van der Waals surface area contributed by atoms with Crippen molar-refractivity contribution in [3.8, 4) is 11.5 Å². The molecule has 1 atom stereocenters. The number of aromatic nitrogens is 4. The van der Waals surface area contributed by atoms with Gasteiger partial charge in [-0.2, -0.15) is 4.52 Å². The largest absolute Gasteiger partial charge is 0.497 e. The fraction of sp³-hybridized carbons (Fsp3) is 0.455. The summed E-state index contributed by atoms with van der Waals surface area (Å²) < 4.78 is 12.4. The molecule has 31 heavy (non-hydrogen) atoms. The third kappa shape index (κ3) is 4.26. The predicted molar refractivity (Wildman–Crippen MR) is 118 cm³/mol. The van der Waals surface area contributed by atoms with Crippen molar-refractivity contribution < 1.29 is 14.3 Å². The molecule has 1 saturated heterocycles. The number of fused-ring (bicyclic) bond motifs is 1. The number of carbonyl (C=O) groups is 1. The van der Waals surface area contributed by atoms with E-state index in [1.165, 1.54) is 0 Å². The molecular weight excluding hydrogens is 396 g/mol. The monoisotopic (exact) mass is 424 g/mol. The predicted octanol–water partition coefficient (Wildman–Crippen LogP) is 3.12. The van der Waals surface area contributed by atoms with Crippen LogP contribution in [0.15, 0.2) is 30.3 Å². The van der Waals surface area contributed by atoms with E-state index in [9.17, 15) is 4.79 Å². The standard InChI is InChI=1S/C22H28N6O3/c1-14(2)21-25-24-19-9-10-20(26-28(19)21)27-11-5-6-15(13-27)22(29)23-17-8-7-16(30-3)12-18(17)31-4/h7-10,12,14-15H,5-6,11,13H2,1-4H3,(H,23,29)/t15-/m0/s1. The molecule has 1 aliphatic rings. The van der Waals surface area contributed by atoms with Crippen LogP contribution in [0.2, 0.25) is 0 Å². The van der Waals surface area contributed by atoms with Crippen molar-refractivity contribution in [1.29, 1.82) is 0 Å². The summed E-state index contributed by atoms with van der Waals surface area (Å²) >= 11 is 0. The first-order valence-corrected chi connectivity index (χ1v) is 10.5. The molecule has 0 spiro atoms. The topological polar surface area (TPSA) is 93.9 Å². The van der Waals surface area contributed by atoms with Gasteiger partial charge in [0, 0.05) is 25.1 Å². The molecule has 1 amide bonds. The lowest BCUT2D eigenvalue weighted by molar-refractivity contribution is -0.120. The van der Waals surface area contributed by atoms with E-state index in [0.717, 1.165) is 36.7 Å². The van der Waals surface area contributed by atoms with Crippen LogP contribution < -0.4 is 19.7 Å². The Hall–Kier alpha value is -3.36. The lowest BCUT2D eigenvalue weighted by Crippen LogP contribution is -2.41. The first-order chi connectivity index (χ1) is 15.0. The minimum absolute atomic E-state index is 0.0265. The van der Waals surface area contributed by atoms with E-state index < -0.39 is 0 Å². The second-order valence-electron chi connectivity index (χ2n) is 8.02. The second kappa shape index (κ2) is 8.79. The molecular formula is C22H28N6O3. The zero-order chi connectivity index (χ0) is 22.0. The Bertz CT molecular complexity index is 1080. The van der Waals surface area contributed by atoms with Crippen LogP contribution in [0.3, 0.4) is 0 Å². The molecule has 1 aromatic carbocycles. The Balaban J connectivity index is 1.50. The van der Waals surface area contributed by atoms with E-state index in [2.05, 4.69) is 34.3 Å². The Morgan fingerprint density at radius 3 is 2.74 bits per heavy atom. The SMILES string of the molecule is COc1ccc(NC(=O)[C@H]2CCCN(c3ccc4nnc(C(C)C)n4n3)C2)c(OC)c1. The van der Waals surface area contributed by atoms with Crippen molar-refractivity contribution in [3.63, 3.8) is 0 Å². The number of piperidine rings is 1. The molecule has 0 saturated carbocycles. The zero-order valence-corrected chi connectivity index (χ0v) is 18.3. The Labute approximate surface area is 181 Å². The van der Waals surface area contributed by atoms with Gasteiger partial charge in [0.2, 0.25) is 5.91 Å². The van der Waals surface area contributed by atoms with Crippen molar-refractivity contribution in [2.45, 2.75) is 32.6 Å². The molecule has 4 rings (SSSR count). The van der Waals surface area contributed by atoms with Crippen LogP contribution in [0.25, 0.3) is 5.65 Å². The number of rotatable bonds is 6. The van der Waals surface area contributed by atoms with Crippen LogP contribution in [0.1, 0.15) is 38.4 Å². The number of amides is 1. The quantitative estimate of drug-likeness (QED) is 0.650. The van der Waals surface area contributed by atoms with Gasteiger partial charge in [0.1, 0.15) is 17.3 Å². The maximum Gasteiger partial charge on any atom is 0.229 e. The van der Waals surface area contributed by atoms with E-state index >= 15 is 0 Å². The van der Waals surface area contributed by atoms with Gasteiger partial charge in [-0.3, -0.25) is 4.79 Å². The van der Waals surface area contributed by atoms with Crippen LogP contribution in [-0.4, -0.2) is 53.0 Å². The van der Waals surface area contributed by atoms with Gasteiger partial charge in [-0.15, -0.1) is 15.3 Å². The van der Waals surface area contributed by atoms with Crippen LogP contribution >= 0.6 is 0 Å². The fourth-order valence-electron chi connectivity index (χ4n) is 3.86. The van der Waals surface area contributed by atoms with Crippen LogP contribution in [0.5, 0.6) is 11.5 Å². The highest BCUT2D eigenvalue weighted by Gasteiger charge is 2.28. The molecule has 1 aliphatic heterocycles. The van der Waals surface area contributed by atoms with Gasteiger partial charge in [0.15, 0.2) is 11.5 Å². The van der Waals surface area contributed by atoms with Gasteiger partial charge in [0.25, 0.3) is 0 Å². The molecule has 1 fully saturated rings. The Kier molecular flexibility index (Phi) is 5.92. The number of nitrogens with one attached hydrogen (secondary N) is 1. The number of carbonyl (C=O) groups excluding carboxylic acids is 1. The summed E-state index contributed by atoms with van der Waals surface area (Å²) in [5, 5.41) is 16.2. The molecule has 3 heterocycles. The highest BCUT2D eigenvalue weighted by atomic mass is 16.5. The van der Waals surface area contributed by atoms with E-state index in [1.807, 2.05) is 12.1 Å². The highest BCUT2D eigenvalue weighted by molar-refractivity contribution is 5.94. The number of anilines is 2. The average molecular weight is 425 g/mol. The van der Waals surface area contributed by atoms with Crippen molar-refractivity contribution in [1.82, 2.24) is 19.8 Å². The van der Waals surface area contributed by atoms with Crippen molar-refractivity contribution >= 4 is 23.1 Å². The summed E-state index contributed by atoms with van der Waals surface area (Å²) in [4.78, 5) is 15.2. The van der Waals surface area contributed by atoms with Gasteiger partial charge in [-0.25, -0.2) is 0 Å². The number of hydrogen-bond acceptors (Lipinski definition) is 7. The summed E-state index contributed by atoms with van der Waals surface area (Å²) in [5.74, 6) is 2.95. The minimum atomic E-state index is -0.150. The third-order valence-electron chi connectivity index (χ3n) is 5.57. The van der Waals surface area contributed by atoms with Gasteiger partial charge in [-0.1, -0.05) is 13.8 Å². The van der Waals surface area contributed by atoms with Crippen LogP contribution in [-0.2, 0) is 4.79 Å². The lowest BCUT2D eigenvalue weighted by Gasteiger charge is -2.32. The molecule has 9 heteroatoms. The van der Waals surface area contributed by atoms with Crippen LogP contribution in [0.4, 0.5) is 11.5 Å². The number of ether oxygens (including phenoxy) is 2. The van der Waals surface area contributed by atoms with Crippen molar-refractivity contribution in [2.75, 3.05) is 37.5 Å². The number of hydrogen-bond donors (Lipinski definition) is 1. The second-order valence-corrected chi connectivity index (χ2v) is 8.02. The Morgan fingerprint density at radius 2 is 2.00 bits per heavy atom. The maximum atomic E-state index is 13.0. The van der Waals surface area contributed by atoms with Gasteiger partial charge in [-0.05, 0) is 37.1 Å². The summed E-state index contributed by atoms with van der Waals surface area (Å²) in [6.07, 6.45) is 1.74. The van der Waals surface area contributed by atoms with E-state index in [-0.39, 0.29) is 17.7 Å². The molecule has 9 nitrogen and oxygen atoms in total. The average Bonchev–Trinajstić information content (AvgIpc) is 3.23. The number of benzene rings is 1. The summed E-state index contributed by atoms with van der Waals surface area (Å²) in [6, 6.07) is 9.22.